The van der Waals surface area contributed by atoms with E-state index in [0.29, 0.717) is 5.69 Å². The molecule has 3 rings (SSSR count). The summed E-state index contributed by atoms with van der Waals surface area (Å²) >= 11 is 0. The number of rotatable bonds is 1. The first-order chi connectivity index (χ1) is 8.75. The van der Waals surface area contributed by atoms with Gasteiger partial charge in [0.2, 0.25) is 0 Å². The van der Waals surface area contributed by atoms with Crippen LogP contribution < -0.4 is 4.90 Å². The molecule has 0 radical (unpaired) electrons. The van der Waals surface area contributed by atoms with Crippen molar-refractivity contribution in [3.8, 4) is 0 Å². The van der Waals surface area contributed by atoms with E-state index in [2.05, 4.69) is 11.1 Å². The van der Waals surface area contributed by atoms with Crippen molar-refractivity contribution in [2.45, 2.75) is 13.3 Å². The molecule has 0 unspecified atom stereocenters. The number of aryl methyl sites for hydroxylation is 1. The van der Waals surface area contributed by atoms with Gasteiger partial charge in [0.25, 0.3) is 5.91 Å². The number of nitrogens with zero attached hydrogens (tertiary/aromatic N) is 2. The molecule has 0 spiro atoms. The maximum Gasteiger partial charge on any atom is 0.276 e. The topological polar surface area (TPSA) is 33.2 Å². The summed E-state index contributed by atoms with van der Waals surface area (Å²) in [5.41, 5.74) is 3.83. The van der Waals surface area contributed by atoms with Crippen LogP contribution in [0.5, 0.6) is 0 Å². The summed E-state index contributed by atoms with van der Waals surface area (Å²) in [6.07, 6.45) is 2.61. The number of carbonyl (C=O) groups excluding carboxylic acids is 1. The Bertz CT molecular complexity index is 607. The molecule has 1 aliphatic rings. The Balaban J connectivity index is 1.96. The molecule has 3 nitrogen and oxygen atoms in total. The average Bonchev–Trinajstić information content (AvgIpc) is 2.82. The fourth-order valence-corrected chi connectivity index (χ4v) is 2.34. The lowest BCUT2D eigenvalue weighted by atomic mass is 10.2. The van der Waals surface area contributed by atoms with Gasteiger partial charge in [-0.3, -0.25) is 9.78 Å². The number of aromatic nitrogens is 1. The van der Waals surface area contributed by atoms with Crippen LogP contribution in [-0.2, 0) is 6.42 Å². The van der Waals surface area contributed by atoms with E-state index in [1.165, 1.54) is 5.56 Å². The summed E-state index contributed by atoms with van der Waals surface area (Å²) in [7, 11) is 0. The van der Waals surface area contributed by atoms with E-state index in [-0.39, 0.29) is 5.91 Å². The van der Waals surface area contributed by atoms with Crippen molar-refractivity contribution in [2.75, 3.05) is 11.4 Å². The fraction of sp³-hybridized carbons (Fsp3) is 0.200. The molecule has 0 saturated heterocycles. The van der Waals surface area contributed by atoms with Crippen LogP contribution in [0.15, 0.2) is 42.6 Å². The van der Waals surface area contributed by atoms with Gasteiger partial charge in [0.15, 0.2) is 0 Å². The number of pyridine rings is 1. The summed E-state index contributed by atoms with van der Waals surface area (Å²) < 4.78 is 0. The van der Waals surface area contributed by atoms with Gasteiger partial charge in [0.05, 0.1) is 0 Å². The van der Waals surface area contributed by atoms with Crippen molar-refractivity contribution in [3.63, 3.8) is 0 Å². The fourth-order valence-electron chi connectivity index (χ4n) is 2.34. The molecule has 0 N–H and O–H groups in total. The van der Waals surface area contributed by atoms with Crippen molar-refractivity contribution < 1.29 is 4.79 Å². The van der Waals surface area contributed by atoms with Crippen molar-refractivity contribution in [1.29, 1.82) is 0 Å². The van der Waals surface area contributed by atoms with E-state index in [9.17, 15) is 4.79 Å². The van der Waals surface area contributed by atoms with Crippen molar-refractivity contribution >= 4 is 11.6 Å². The molecule has 1 amide bonds. The highest BCUT2D eigenvalue weighted by Gasteiger charge is 2.25. The Morgan fingerprint density at radius 2 is 2.11 bits per heavy atom. The van der Waals surface area contributed by atoms with Gasteiger partial charge in [-0.25, -0.2) is 0 Å². The summed E-state index contributed by atoms with van der Waals surface area (Å²) in [6, 6.07) is 11.8. The van der Waals surface area contributed by atoms with Crippen LogP contribution in [0.25, 0.3) is 0 Å². The maximum absolute atomic E-state index is 12.4. The number of anilines is 1. The summed E-state index contributed by atoms with van der Waals surface area (Å²) in [6.45, 7) is 2.71. The Morgan fingerprint density at radius 3 is 2.94 bits per heavy atom. The van der Waals surface area contributed by atoms with Gasteiger partial charge < -0.3 is 4.90 Å². The van der Waals surface area contributed by atoms with Gasteiger partial charge in [-0.2, -0.15) is 0 Å². The Hall–Kier alpha value is -2.16. The summed E-state index contributed by atoms with van der Waals surface area (Å²) in [5, 5.41) is 0. The largest absolute Gasteiger partial charge is 0.306 e. The SMILES string of the molecule is Cc1ccnc(C(=O)N2CCc3ccccc32)c1. The molecule has 0 atom stereocenters. The van der Waals surface area contributed by atoms with E-state index in [1.807, 2.05) is 42.2 Å². The van der Waals surface area contributed by atoms with E-state index < -0.39 is 0 Å². The molecule has 0 saturated carbocycles. The number of carbonyl (C=O) groups is 1. The molecule has 0 bridgehead atoms. The first-order valence-electron chi connectivity index (χ1n) is 6.08. The van der Waals surface area contributed by atoms with E-state index in [4.69, 9.17) is 0 Å². The zero-order valence-electron chi connectivity index (χ0n) is 10.3. The summed E-state index contributed by atoms with van der Waals surface area (Å²) in [5.74, 6) is -0.0105. The van der Waals surface area contributed by atoms with Crippen molar-refractivity contribution in [3.05, 3.63) is 59.4 Å². The average molecular weight is 238 g/mol. The first kappa shape index (κ1) is 11.0. The molecular weight excluding hydrogens is 224 g/mol. The number of hydrogen-bond donors (Lipinski definition) is 0. The lowest BCUT2D eigenvalue weighted by Crippen LogP contribution is -2.29. The molecular formula is C15H14N2O. The number of hydrogen-bond acceptors (Lipinski definition) is 2. The van der Waals surface area contributed by atoms with E-state index in [1.54, 1.807) is 6.20 Å². The van der Waals surface area contributed by atoms with Gasteiger partial charge in [0, 0.05) is 18.4 Å². The minimum atomic E-state index is -0.0105. The highest BCUT2D eigenvalue weighted by molar-refractivity contribution is 6.06. The van der Waals surface area contributed by atoms with Gasteiger partial charge >= 0.3 is 0 Å². The molecule has 2 aromatic rings. The monoisotopic (exact) mass is 238 g/mol. The predicted octanol–water partition coefficient (Wildman–Crippen LogP) is 2.59. The van der Waals surface area contributed by atoms with Crippen molar-refractivity contribution in [2.24, 2.45) is 0 Å². The van der Waals surface area contributed by atoms with Crippen LogP contribution in [-0.4, -0.2) is 17.4 Å². The number of fused-ring (bicyclic) bond motifs is 1. The molecule has 1 aromatic carbocycles. The van der Waals surface area contributed by atoms with Crippen LogP contribution in [0, 0.1) is 6.92 Å². The highest BCUT2D eigenvalue weighted by Crippen LogP contribution is 2.28. The van der Waals surface area contributed by atoms with Crippen LogP contribution in [0.1, 0.15) is 21.6 Å². The third-order valence-electron chi connectivity index (χ3n) is 3.27. The molecule has 1 aromatic heterocycles. The van der Waals surface area contributed by atoms with Gasteiger partial charge in [-0.05, 0) is 42.7 Å². The maximum atomic E-state index is 12.4. The normalized spacial score (nSPS) is 13.5. The highest BCUT2D eigenvalue weighted by atomic mass is 16.2. The van der Waals surface area contributed by atoms with Crippen LogP contribution in [0.2, 0.25) is 0 Å². The second-order valence-corrected chi connectivity index (χ2v) is 4.55. The number of amides is 1. The standard InChI is InChI=1S/C15H14N2O/c1-11-6-8-16-13(10-11)15(18)17-9-7-12-4-2-3-5-14(12)17/h2-6,8,10H,7,9H2,1H3. The molecule has 0 aliphatic carbocycles. The van der Waals surface area contributed by atoms with Crippen molar-refractivity contribution in [1.82, 2.24) is 4.98 Å². The minimum absolute atomic E-state index is 0.0105. The Kier molecular flexibility index (Phi) is 2.59. The Labute approximate surface area is 106 Å². The first-order valence-corrected chi connectivity index (χ1v) is 6.08. The zero-order chi connectivity index (χ0) is 12.5. The summed E-state index contributed by atoms with van der Waals surface area (Å²) in [4.78, 5) is 18.4. The van der Waals surface area contributed by atoms with Gasteiger partial charge in [-0.15, -0.1) is 0 Å². The smallest absolute Gasteiger partial charge is 0.276 e. The third-order valence-corrected chi connectivity index (χ3v) is 3.27. The van der Waals surface area contributed by atoms with Crippen LogP contribution in [0.4, 0.5) is 5.69 Å². The lowest BCUT2D eigenvalue weighted by molar-refractivity contribution is 0.0984. The molecule has 18 heavy (non-hydrogen) atoms. The predicted molar refractivity (Wildman–Crippen MR) is 70.8 cm³/mol. The minimum Gasteiger partial charge on any atom is -0.306 e. The molecule has 3 heteroatoms. The molecule has 0 fully saturated rings. The molecule has 1 aliphatic heterocycles. The van der Waals surface area contributed by atoms with Gasteiger partial charge in [0.1, 0.15) is 5.69 Å². The van der Waals surface area contributed by atoms with Crippen LogP contribution >= 0.6 is 0 Å². The van der Waals surface area contributed by atoms with Crippen LogP contribution in [0.3, 0.4) is 0 Å². The molecule has 2 heterocycles. The molecule has 90 valence electrons. The second kappa shape index (κ2) is 4.26. The lowest BCUT2D eigenvalue weighted by Gasteiger charge is -2.16. The quantitative estimate of drug-likeness (QED) is 0.765. The number of benzene rings is 1. The van der Waals surface area contributed by atoms with E-state index >= 15 is 0 Å². The zero-order valence-corrected chi connectivity index (χ0v) is 10.3. The van der Waals surface area contributed by atoms with Gasteiger partial charge in [-0.1, -0.05) is 18.2 Å². The van der Waals surface area contributed by atoms with E-state index in [0.717, 1.165) is 24.2 Å². The second-order valence-electron chi connectivity index (χ2n) is 4.55. The number of para-hydroxylation sites is 1. The Morgan fingerprint density at radius 1 is 1.28 bits per heavy atom. The third kappa shape index (κ3) is 1.78.